The first kappa shape index (κ1) is 23.6. The lowest BCUT2D eigenvalue weighted by molar-refractivity contribution is -0.122. The lowest BCUT2D eigenvalue weighted by Crippen LogP contribution is -2.49. The number of aromatic nitrogens is 2. The van der Waals surface area contributed by atoms with Crippen molar-refractivity contribution in [3.63, 3.8) is 0 Å². The molecular weight excluding hydrogens is 460 g/mol. The monoisotopic (exact) mass is 492 g/mol. The third kappa shape index (κ3) is 4.59. The fraction of sp³-hybridized carbons (Fsp3) is 0.290. The molecule has 2 atom stereocenters. The summed E-state index contributed by atoms with van der Waals surface area (Å²) in [5.74, 6) is -0.0602. The van der Waals surface area contributed by atoms with Crippen LogP contribution in [0.1, 0.15) is 41.1 Å². The molecule has 0 unspecified atom stereocenters. The van der Waals surface area contributed by atoms with E-state index in [4.69, 9.17) is 0 Å². The van der Waals surface area contributed by atoms with E-state index in [1.165, 1.54) is 11.1 Å². The standard InChI is InChI=1S/C31H32N4O2/c36-28(19-23-9-3-1-4-10-23)33-29-26-13-7-8-14-27(26)31(30(29)37)15-17-34(18-16-31)21-24-20-32-35(22-24)25-11-5-2-6-12-25/h1-14,20,22,29-30,37H,15-19,21H2,(H,33,36)/t29-,30+/m0/s1. The molecule has 3 aromatic carbocycles. The van der Waals surface area contributed by atoms with Gasteiger partial charge in [-0.1, -0.05) is 72.8 Å². The van der Waals surface area contributed by atoms with Gasteiger partial charge in [-0.15, -0.1) is 0 Å². The fourth-order valence-corrected chi connectivity index (χ4v) is 6.13. The number of aliphatic hydroxyl groups is 1. The molecule has 2 N–H and O–H groups in total. The average molecular weight is 493 g/mol. The summed E-state index contributed by atoms with van der Waals surface area (Å²) in [7, 11) is 0. The summed E-state index contributed by atoms with van der Waals surface area (Å²) in [5.41, 5.74) is 5.10. The molecule has 1 saturated heterocycles. The van der Waals surface area contributed by atoms with E-state index in [2.05, 4.69) is 45.8 Å². The van der Waals surface area contributed by atoms with Crippen LogP contribution in [0.2, 0.25) is 0 Å². The second-order valence-corrected chi connectivity index (χ2v) is 10.3. The Morgan fingerprint density at radius 1 is 0.919 bits per heavy atom. The SMILES string of the molecule is O=C(Cc1ccccc1)N[C@H]1c2ccccc2C2(CCN(Cc3cnn(-c4ccccc4)c3)CC2)[C@@H]1O. The Labute approximate surface area is 217 Å². The zero-order valence-electron chi connectivity index (χ0n) is 20.8. The summed E-state index contributed by atoms with van der Waals surface area (Å²) in [6.07, 6.45) is 5.40. The van der Waals surface area contributed by atoms with Gasteiger partial charge in [-0.25, -0.2) is 4.68 Å². The molecule has 0 saturated carbocycles. The fourth-order valence-electron chi connectivity index (χ4n) is 6.13. The molecule has 1 aromatic heterocycles. The van der Waals surface area contributed by atoms with Crippen LogP contribution in [0.15, 0.2) is 97.3 Å². The minimum absolute atomic E-state index is 0.0602. The van der Waals surface area contributed by atoms with Gasteiger partial charge in [-0.2, -0.15) is 5.10 Å². The third-order valence-electron chi connectivity index (χ3n) is 8.05. The minimum Gasteiger partial charge on any atom is -0.390 e. The van der Waals surface area contributed by atoms with Gasteiger partial charge in [0, 0.05) is 23.7 Å². The predicted octanol–water partition coefficient (Wildman–Crippen LogP) is 4.18. The van der Waals surface area contributed by atoms with Crippen LogP contribution in [-0.2, 0) is 23.2 Å². The number of carbonyl (C=O) groups excluding carboxylic acids is 1. The van der Waals surface area contributed by atoms with Crippen LogP contribution < -0.4 is 5.32 Å². The van der Waals surface area contributed by atoms with Crippen LogP contribution in [0.4, 0.5) is 0 Å². The number of fused-ring (bicyclic) bond motifs is 2. The summed E-state index contributed by atoms with van der Waals surface area (Å²) in [4.78, 5) is 15.4. The van der Waals surface area contributed by atoms with Gasteiger partial charge in [0.2, 0.25) is 5.91 Å². The first-order valence-corrected chi connectivity index (χ1v) is 13.0. The van der Waals surface area contributed by atoms with E-state index in [0.29, 0.717) is 6.42 Å². The molecule has 1 fully saturated rings. The number of nitrogens with zero attached hydrogens (tertiary/aromatic N) is 3. The van der Waals surface area contributed by atoms with Crippen molar-refractivity contribution >= 4 is 5.91 Å². The first-order chi connectivity index (χ1) is 18.1. The molecule has 188 valence electrons. The normalized spacial score (nSPS) is 20.6. The molecule has 6 nitrogen and oxygen atoms in total. The van der Waals surface area contributed by atoms with Crippen LogP contribution in [0, 0.1) is 0 Å². The molecule has 37 heavy (non-hydrogen) atoms. The van der Waals surface area contributed by atoms with Crippen molar-refractivity contribution in [3.05, 3.63) is 120 Å². The molecule has 2 aliphatic rings. The zero-order chi connectivity index (χ0) is 25.2. The Balaban J connectivity index is 1.14. The number of nitrogens with one attached hydrogen (secondary N) is 1. The summed E-state index contributed by atoms with van der Waals surface area (Å²) < 4.78 is 1.92. The highest BCUT2D eigenvalue weighted by molar-refractivity contribution is 5.79. The molecule has 6 heteroatoms. The molecule has 0 radical (unpaired) electrons. The molecule has 1 aliphatic carbocycles. The highest BCUT2D eigenvalue weighted by atomic mass is 16.3. The topological polar surface area (TPSA) is 70.4 Å². The van der Waals surface area contributed by atoms with E-state index >= 15 is 0 Å². The third-order valence-corrected chi connectivity index (χ3v) is 8.05. The number of hydrogen-bond donors (Lipinski definition) is 2. The number of rotatable bonds is 6. The quantitative estimate of drug-likeness (QED) is 0.424. The molecule has 1 amide bonds. The zero-order valence-corrected chi connectivity index (χ0v) is 20.8. The van der Waals surface area contributed by atoms with Crippen LogP contribution in [0.5, 0.6) is 0 Å². The van der Waals surface area contributed by atoms with Gasteiger partial charge in [-0.05, 0) is 54.8 Å². The number of aliphatic hydroxyl groups excluding tert-OH is 1. The lowest BCUT2D eigenvalue weighted by Gasteiger charge is -2.42. The van der Waals surface area contributed by atoms with Gasteiger partial charge in [0.15, 0.2) is 0 Å². The van der Waals surface area contributed by atoms with E-state index in [-0.39, 0.29) is 17.4 Å². The second-order valence-electron chi connectivity index (χ2n) is 10.3. The van der Waals surface area contributed by atoms with Crippen LogP contribution >= 0.6 is 0 Å². The van der Waals surface area contributed by atoms with Crippen molar-refractivity contribution in [1.29, 1.82) is 0 Å². The van der Waals surface area contributed by atoms with E-state index in [0.717, 1.165) is 49.3 Å². The summed E-state index contributed by atoms with van der Waals surface area (Å²) in [5, 5.41) is 19.4. The Bertz CT molecular complexity index is 1360. The maximum atomic E-state index is 12.9. The van der Waals surface area contributed by atoms with Crippen molar-refractivity contribution in [2.45, 2.75) is 43.4 Å². The highest BCUT2D eigenvalue weighted by Crippen LogP contribution is 2.51. The van der Waals surface area contributed by atoms with Gasteiger partial charge in [0.05, 0.1) is 30.5 Å². The van der Waals surface area contributed by atoms with E-state index in [1.54, 1.807) is 0 Å². The number of amides is 1. The van der Waals surface area contributed by atoms with Crippen molar-refractivity contribution in [2.75, 3.05) is 13.1 Å². The number of piperidine rings is 1. The van der Waals surface area contributed by atoms with Crippen LogP contribution in [-0.4, -0.2) is 44.9 Å². The number of carbonyl (C=O) groups is 1. The van der Waals surface area contributed by atoms with Gasteiger partial charge < -0.3 is 10.4 Å². The molecular formula is C31H32N4O2. The van der Waals surface area contributed by atoms with E-state index in [9.17, 15) is 9.90 Å². The molecule has 2 heterocycles. The van der Waals surface area contributed by atoms with Crippen molar-refractivity contribution in [3.8, 4) is 5.69 Å². The van der Waals surface area contributed by atoms with Crippen molar-refractivity contribution < 1.29 is 9.90 Å². The van der Waals surface area contributed by atoms with Crippen molar-refractivity contribution in [1.82, 2.24) is 20.0 Å². The summed E-state index contributed by atoms with van der Waals surface area (Å²) in [6.45, 7) is 2.59. The molecule has 4 aromatic rings. The van der Waals surface area contributed by atoms with Crippen molar-refractivity contribution in [2.24, 2.45) is 0 Å². The maximum Gasteiger partial charge on any atom is 0.224 e. The number of likely N-dealkylation sites (tertiary alicyclic amines) is 1. The molecule has 1 aliphatic heterocycles. The predicted molar refractivity (Wildman–Crippen MR) is 143 cm³/mol. The molecule has 1 spiro atoms. The second kappa shape index (κ2) is 9.96. The van der Waals surface area contributed by atoms with E-state index < -0.39 is 6.10 Å². The average Bonchev–Trinajstić information content (AvgIpc) is 3.49. The van der Waals surface area contributed by atoms with Gasteiger partial charge >= 0.3 is 0 Å². The Kier molecular flexibility index (Phi) is 6.37. The van der Waals surface area contributed by atoms with Gasteiger partial charge in [0.25, 0.3) is 0 Å². The van der Waals surface area contributed by atoms with Gasteiger partial charge in [-0.3, -0.25) is 9.69 Å². The Morgan fingerprint density at radius 2 is 1.59 bits per heavy atom. The first-order valence-electron chi connectivity index (χ1n) is 13.0. The van der Waals surface area contributed by atoms with Crippen LogP contribution in [0.3, 0.4) is 0 Å². The summed E-state index contributed by atoms with van der Waals surface area (Å²) >= 11 is 0. The highest BCUT2D eigenvalue weighted by Gasteiger charge is 2.52. The smallest absolute Gasteiger partial charge is 0.224 e. The minimum atomic E-state index is -0.646. The summed E-state index contributed by atoms with van der Waals surface area (Å²) in [6, 6.07) is 27.8. The molecule has 6 rings (SSSR count). The number of benzene rings is 3. The molecule has 0 bridgehead atoms. The van der Waals surface area contributed by atoms with Gasteiger partial charge in [0.1, 0.15) is 0 Å². The largest absolute Gasteiger partial charge is 0.390 e. The maximum absolute atomic E-state index is 12.9. The number of hydrogen-bond acceptors (Lipinski definition) is 4. The van der Waals surface area contributed by atoms with E-state index in [1.807, 2.05) is 71.5 Å². The Morgan fingerprint density at radius 3 is 2.35 bits per heavy atom. The number of para-hydroxylation sites is 1. The lowest BCUT2D eigenvalue weighted by atomic mass is 9.72. The Hall–Kier alpha value is -3.74. The van der Waals surface area contributed by atoms with Crippen LogP contribution in [0.25, 0.3) is 5.69 Å².